The van der Waals surface area contributed by atoms with E-state index in [9.17, 15) is 4.79 Å². The summed E-state index contributed by atoms with van der Waals surface area (Å²) in [4.78, 5) is 24.1. The average molecular weight is 351 g/mol. The average Bonchev–Trinajstić information content (AvgIpc) is 3.24. The van der Waals surface area contributed by atoms with Crippen molar-refractivity contribution in [1.29, 1.82) is 0 Å². The van der Waals surface area contributed by atoms with E-state index in [0.29, 0.717) is 5.52 Å². The lowest BCUT2D eigenvalue weighted by Crippen LogP contribution is -2.16. The van der Waals surface area contributed by atoms with E-state index in [2.05, 4.69) is 27.1 Å². The van der Waals surface area contributed by atoms with E-state index >= 15 is 0 Å². The van der Waals surface area contributed by atoms with Gasteiger partial charge in [-0.3, -0.25) is 0 Å². The molecule has 0 radical (unpaired) electrons. The molecule has 0 spiro atoms. The molecule has 0 unspecified atom stereocenters. The van der Waals surface area contributed by atoms with E-state index in [0.717, 1.165) is 21.0 Å². The third kappa shape index (κ3) is 3.33. The van der Waals surface area contributed by atoms with Gasteiger partial charge in [0.2, 0.25) is 0 Å². The number of nitrogens with two attached hydrogens (primary N) is 1. The molecule has 124 valence electrons. The molecule has 0 aliphatic carbocycles. The molecule has 8 heteroatoms. The zero-order valence-corrected chi connectivity index (χ0v) is 13.7. The zero-order valence-electron chi connectivity index (χ0n) is 12.9. The number of amides is 1. The number of nitrogens with one attached hydrogen (secondary N) is 1. The highest BCUT2D eigenvalue weighted by Gasteiger charge is 2.08. The second kappa shape index (κ2) is 6.33. The predicted octanol–water partition coefficient (Wildman–Crippen LogP) is 3.36. The lowest BCUT2D eigenvalue weighted by atomic mass is 10.3. The molecular weight excluding hydrogens is 338 g/mol. The van der Waals surface area contributed by atoms with Crippen molar-refractivity contribution in [3.8, 4) is 11.7 Å². The third-order valence-corrected chi connectivity index (χ3v) is 4.50. The highest BCUT2D eigenvalue weighted by atomic mass is 32.2. The fourth-order valence-corrected chi connectivity index (χ4v) is 3.25. The Morgan fingerprint density at radius 1 is 1.16 bits per heavy atom. The molecule has 0 atom stereocenters. The van der Waals surface area contributed by atoms with E-state index in [-0.39, 0.29) is 6.01 Å². The quantitative estimate of drug-likeness (QED) is 0.587. The highest BCUT2D eigenvalue weighted by molar-refractivity contribution is 7.99. The number of imidazole rings is 2. The van der Waals surface area contributed by atoms with E-state index in [1.807, 2.05) is 41.1 Å². The van der Waals surface area contributed by atoms with Crippen LogP contribution in [0.3, 0.4) is 0 Å². The summed E-state index contributed by atoms with van der Waals surface area (Å²) in [6.07, 6.45) is 4.52. The first-order chi connectivity index (χ1) is 12.2. The van der Waals surface area contributed by atoms with Crippen LogP contribution >= 0.6 is 11.8 Å². The summed E-state index contributed by atoms with van der Waals surface area (Å²) in [5.41, 5.74) is 7.53. The van der Waals surface area contributed by atoms with Crippen LogP contribution in [0, 0.1) is 0 Å². The zero-order chi connectivity index (χ0) is 17.2. The van der Waals surface area contributed by atoms with Crippen LogP contribution in [0.15, 0.2) is 71.0 Å². The molecule has 3 N–H and O–H groups in total. The number of carbonyl (C=O) groups is 1. The minimum atomic E-state index is -0.897. The molecule has 2 heterocycles. The largest absolute Gasteiger partial charge is 0.412 e. The number of aromatic nitrogens is 4. The van der Waals surface area contributed by atoms with Gasteiger partial charge in [0, 0.05) is 27.9 Å². The van der Waals surface area contributed by atoms with Crippen LogP contribution in [-0.2, 0) is 0 Å². The number of primary amides is 1. The van der Waals surface area contributed by atoms with Gasteiger partial charge in [0.1, 0.15) is 0 Å². The second-order valence-electron chi connectivity index (χ2n) is 5.21. The van der Waals surface area contributed by atoms with Gasteiger partial charge in [-0.25, -0.2) is 9.78 Å². The summed E-state index contributed by atoms with van der Waals surface area (Å²) >= 11 is 1.62. The van der Waals surface area contributed by atoms with Gasteiger partial charge in [0.05, 0.1) is 17.4 Å². The number of H-pyrrole nitrogens is 1. The van der Waals surface area contributed by atoms with E-state index < -0.39 is 6.09 Å². The minimum absolute atomic E-state index is 0.0920. The lowest BCUT2D eigenvalue weighted by molar-refractivity contribution is 0.207. The second-order valence-corrected chi connectivity index (χ2v) is 6.35. The Balaban J connectivity index is 1.54. The number of aromatic amines is 1. The Morgan fingerprint density at radius 3 is 2.68 bits per heavy atom. The number of hydrogen-bond donors (Lipinski definition) is 2. The van der Waals surface area contributed by atoms with Crippen LogP contribution in [0.5, 0.6) is 6.01 Å². The SMILES string of the molecule is NC(=O)Oc1nc2cc(Sc3ccc(-n4ccnc4)cc3)ccc2[nH]1. The van der Waals surface area contributed by atoms with E-state index in [1.165, 1.54) is 0 Å². The molecule has 4 aromatic rings. The van der Waals surface area contributed by atoms with Gasteiger partial charge in [-0.15, -0.1) is 0 Å². The summed E-state index contributed by atoms with van der Waals surface area (Å²) in [5, 5.41) is 0. The maximum absolute atomic E-state index is 10.8. The summed E-state index contributed by atoms with van der Waals surface area (Å²) in [7, 11) is 0. The predicted molar refractivity (Wildman–Crippen MR) is 94.0 cm³/mol. The third-order valence-electron chi connectivity index (χ3n) is 3.51. The first-order valence-corrected chi connectivity index (χ1v) is 8.22. The van der Waals surface area contributed by atoms with Gasteiger partial charge in [-0.2, -0.15) is 4.98 Å². The van der Waals surface area contributed by atoms with Crippen molar-refractivity contribution in [2.75, 3.05) is 0 Å². The van der Waals surface area contributed by atoms with Crippen LogP contribution in [0.2, 0.25) is 0 Å². The van der Waals surface area contributed by atoms with Crippen LogP contribution in [0.1, 0.15) is 0 Å². The van der Waals surface area contributed by atoms with Gasteiger partial charge >= 0.3 is 12.1 Å². The van der Waals surface area contributed by atoms with Crippen molar-refractivity contribution in [1.82, 2.24) is 19.5 Å². The van der Waals surface area contributed by atoms with Crippen molar-refractivity contribution >= 4 is 28.9 Å². The Bertz CT molecular complexity index is 1030. The molecule has 0 saturated heterocycles. The van der Waals surface area contributed by atoms with Crippen LogP contribution < -0.4 is 10.5 Å². The molecule has 7 nitrogen and oxygen atoms in total. The maximum Gasteiger partial charge on any atom is 0.412 e. The van der Waals surface area contributed by atoms with Crippen molar-refractivity contribution in [2.45, 2.75) is 9.79 Å². The monoisotopic (exact) mass is 351 g/mol. The molecule has 2 aromatic heterocycles. The topological polar surface area (TPSA) is 98.8 Å². The van der Waals surface area contributed by atoms with Gasteiger partial charge in [0.15, 0.2) is 0 Å². The molecule has 25 heavy (non-hydrogen) atoms. The Kier molecular flexibility index (Phi) is 3.87. The van der Waals surface area contributed by atoms with E-state index in [1.54, 1.807) is 24.3 Å². The first kappa shape index (κ1) is 15.3. The van der Waals surface area contributed by atoms with Gasteiger partial charge < -0.3 is 20.0 Å². The Hall–Kier alpha value is -3.26. The Morgan fingerprint density at radius 2 is 1.96 bits per heavy atom. The molecule has 0 aliphatic heterocycles. The molecule has 0 fully saturated rings. The van der Waals surface area contributed by atoms with Gasteiger partial charge in [-0.05, 0) is 42.5 Å². The normalized spacial score (nSPS) is 10.9. The van der Waals surface area contributed by atoms with Gasteiger partial charge in [0.25, 0.3) is 0 Å². The van der Waals surface area contributed by atoms with Crippen molar-refractivity contribution in [2.24, 2.45) is 5.73 Å². The number of benzene rings is 2. The van der Waals surface area contributed by atoms with Crippen LogP contribution in [0.4, 0.5) is 4.79 Å². The highest BCUT2D eigenvalue weighted by Crippen LogP contribution is 2.30. The summed E-state index contributed by atoms with van der Waals surface area (Å²) in [6, 6.07) is 14.1. The number of fused-ring (bicyclic) bond motifs is 1. The van der Waals surface area contributed by atoms with Gasteiger partial charge in [-0.1, -0.05) is 11.8 Å². The standard InChI is InChI=1S/C17H13N5O2S/c18-16(23)24-17-20-14-6-5-13(9-15(14)21-17)25-12-3-1-11(2-4-12)22-8-7-19-10-22/h1-10H,(H2,18,23)(H,20,21). The number of hydrogen-bond acceptors (Lipinski definition) is 5. The summed E-state index contributed by atoms with van der Waals surface area (Å²) in [5.74, 6) is 0. The molecule has 0 aliphatic rings. The number of nitrogens with zero attached hydrogens (tertiary/aromatic N) is 3. The first-order valence-electron chi connectivity index (χ1n) is 7.41. The summed E-state index contributed by atoms with van der Waals surface area (Å²) < 4.78 is 6.71. The molecule has 0 bridgehead atoms. The minimum Gasteiger partial charge on any atom is -0.376 e. The molecule has 2 aromatic carbocycles. The van der Waals surface area contributed by atoms with Crippen LogP contribution in [0.25, 0.3) is 16.7 Å². The number of rotatable bonds is 4. The Labute approximate surface area is 146 Å². The molecule has 1 amide bonds. The van der Waals surface area contributed by atoms with Crippen molar-refractivity contribution in [3.05, 3.63) is 61.2 Å². The smallest absolute Gasteiger partial charge is 0.376 e. The maximum atomic E-state index is 10.8. The van der Waals surface area contributed by atoms with Crippen LogP contribution in [-0.4, -0.2) is 25.6 Å². The fraction of sp³-hybridized carbons (Fsp3) is 0. The fourth-order valence-electron chi connectivity index (χ4n) is 2.40. The molecule has 0 saturated carbocycles. The van der Waals surface area contributed by atoms with E-state index in [4.69, 9.17) is 10.5 Å². The van der Waals surface area contributed by atoms with Crippen molar-refractivity contribution in [3.63, 3.8) is 0 Å². The summed E-state index contributed by atoms with van der Waals surface area (Å²) in [6.45, 7) is 0. The number of ether oxygens (including phenoxy) is 1. The lowest BCUT2D eigenvalue weighted by Gasteiger charge is -2.05. The van der Waals surface area contributed by atoms with Crippen molar-refractivity contribution < 1.29 is 9.53 Å². The molecular formula is C17H13N5O2S. The molecule has 4 rings (SSSR count). The number of carbonyl (C=O) groups excluding carboxylic acids is 1.